The standard InChI is InChI=1S/C29H29N7O2S2/c1-29(2)13-21-25(22(37)14-29)24(19-9-6-11-32-16-19)20(15-30)26(31)36(21)27-34-35-28(40-27)39-17-23(38)33-12-10-18-7-4-3-5-8-18/h3-9,11,16,24H,10,12-14,17,31H2,1-2H3,(H,33,38). The van der Waals surface area contributed by atoms with Crippen LogP contribution in [0.25, 0.3) is 0 Å². The van der Waals surface area contributed by atoms with Gasteiger partial charge in [-0.05, 0) is 35.4 Å². The van der Waals surface area contributed by atoms with Crippen molar-refractivity contribution in [3.8, 4) is 6.07 Å². The molecular weight excluding hydrogens is 543 g/mol. The third-order valence-electron chi connectivity index (χ3n) is 6.89. The number of anilines is 1. The topological polar surface area (TPSA) is 138 Å². The van der Waals surface area contributed by atoms with Gasteiger partial charge in [0.2, 0.25) is 11.0 Å². The first-order valence-electron chi connectivity index (χ1n) is 12.9. The lowest BCUT2D eigenvalue weighted by molar-refractivity contribution is -0.119. The molecule has 9 nitrogen and oxygen atoms in total. The van der Waals surface area contributed by atoms with Crippen molar-refractivity contribution in [1.82, 2.24) is 20.5 Å². The van der Waals surface area contributed by atoms with Crippen LogP contribution < -0.4 is 16.0 Å². The van der Waals surface area contributed by atoms with Gasteiger partial charge in [0, 0.05) is 36.6 Å². The Hall–Kier alpha value is -4.01. The smallest absolute Gasteiger partial charge is 0.230 e. The number of pyridine rings is 1. The molecule has 1 aliphatic heterocycles. The van der Waals surface area contributed by atoms with Crippen LogP contribution in [0.4, 0.5) is 5.13 Å². The molecule has 204 valence electrons. The molecule has 3 aromatic rings. The first kappa shape index (κ1) is 27.6. The maximum atomic E-state index is 13.6. The molecule has 1 amide bonds. The number of ketones is 1. The quantitative estimate of drug-likeness (QED) is 0.379. The zero-order valence-electron chi connectivity index (χ0n) is 22.3. The SMILES string of the molecule is CC1(C)CC(=O)C2=C(C1)N(c1nnc(SCC(=O)NCCc3ccccc3)s1)C(N)=C(C#N)C2c1cccnc1. The van der Waals surface area contributed by atoms with Crippen LogP contribution in [0.2, 0.25) is 0 Å². The second-order valence-corrected chi connectivity index (χ2v) is 12.7. The molecule has 3 heterocycles. The molecule has 5 rings (SSSR count). The number of carbonyl (C=O) groups excluding carboxylic acids is 2. The highest BCUT2D eigenvalue weighted by Gasteiger charge is 2.45. The van der Waals surface area contributed by atoms with Gasteiger partial charge in [-0.2, -0.15) is 5.26 Å². The minimum absolute atomic E-state index is 0.0170. The maximum Gasteiger partial charge on any atom is 0.230 e. The molecule has 2 aliphatic rings. The average molecular weight is 572 g/mol. The summed E-state index contributed by atoms with van der Waals surface area (Å²) in [6.07, 6.45) is 5.03. The Bertz CT molecular complexity index is 1520. The Morgan fingerprint density at radius 1 is 1.23 bits per heavy atom. The van der Waals surface area contributed by atoms with Crippen LogP contribution in [0.5, 0.6) is 0 Å². The van der Waals surface area contributed by atoms with Gasteiger partial charge in [-0.1, -0.05) is 73.3 Å². The average Bonchev–Trinajstić information content (AvgIpc) is 3.40. The molecule has 3 N–H and O–H groups in total. The van der Waals surface area contributed by atoms with Gasteiger partial charge < -0.3 is 11.1 Å². The molecule has 0 bridgehead atoms. The summed E-state index contributed by atoms with van der Waals surface area (Å²) in [5, 5.41) is 22.2. The van der Waals surface area contributed by atoms with Crippen molar-refractivity contribution >= 4 is 39.9 Å². The molecular formula is C29H29N7O2S2. The van der Waals surface area contributed by atoms with Crippen molar-refractivity contribution in [2.45, 2.75) is 43.4 Å². The minimum Gasteiger partial charge on any atom is -0.384 e. The summed E-state index contributed by atoms with van der Waals surface area (Å²) in [5.41, 5.74) is 9.84. The third kappa shape index (κ3) is 5.78. The number of amides is 1. The van der Waals surface area contributed by atoms with Crippen molar-refractivity contribution in [3.05, 3.63) is 88.6 Å². The van der Waals surface area contributed by atoms with Crippen molar-refractivity contribution in [3.63, 3.8) is 0 Å². The van der Waals surface area contributed by atoms with Gasteiger partial charge in [-0.25, -0.2) is 0 Å². The van der Waals surface area contributed by atoms with E-state index in [1.807, 2.05) is 50.2 Å². The molecule has 1 aromatic carbocycles. The number of nitriles is 1. The fourth-order valence-corrected chi connectivity index (χ4v) is 6.84. The van der Waals surface area contributed by atoms with Gasteiger partial charge in [-0.15, -0.1) is 10.2 Å². The Kier molecular flexibility index (Phi) is 8.00. The summed E-state index contributed by atoms with van der Waals surface area (Å²) in [5.74, 6) is -0.273. The van der Waals surface area contributed by atoms with E-state index in [-0.39, 0.29) is 34.3 Å². The summed E-state index contributed by atoms with van der Waals surface area (Å²) < 4.78 is 0.595. The van der Waals surface area contributed by atoms with Crippen molar-refractivity contribution in [2.24, 2.45) is 11.1 Å². The summed E-state index contributed by atoms with van der Waals surface area (Å²) in [6, 6.07) is 15.9. The fraction of sp³-hybridized carbons (Fsp3) is 0.310. The van der Waals surface area contributed by atoms with E-state index in [2.05, 4.69) is 26.6 Å². The van der Waals surface area contributed by atoms with Gasteiger partial charge >= 0.3 is 0 Å². The molecule has 1 atom stereocenters. The Balaban J connectivity index is 1.37. The van der Waals surface area contributed by atoms with E-state index in [1.54, 1.807) is 23.4 Å². The van der Waals surface area contributed by atoms with E-state index in [4.69, 9.17) is 5.73 Å². The predicted molar refractivity (Wildman–Crippen MR) is 155 cm³/mol. The molecule has 1 aliphatic carbocycles. The van der Waals surface area contributed by atoms with E-state index in [0.29, 0.717) is 34.4 Å². The summed E-state index contributed by atoms with van der Waals surface area (Å²) in [4.78, 5) is 31.9. The number of Topliss-reactive ketones (excluding diaryl/α,β-unsaturated/α-hetero) is 1. The van der Waals surface area contributed by atoms with E-state index >= 15 is 0 Å². The van der Waals surface area contributed by atoms with Crippen LogP contribution >= 0.6 is 23.1 Å². The number of aromatic nitrogens is 3. The largest absolute Gasteiger partial charge is 0.384 e. The monoisotopic (exact) mass is 571 g/mol. The fourth-order valence-electron chi connectivity index (χ4n) is 5.13. The van der Waals surface area contributed by atoms with Crippen LogP contribution in [0.3, 0.4) is 0 Å². The number of nitrogens with two attached hydrogens (primary N) is 1. The predicted octanol–water partition coefficient (Wildman–Crippen LogP) is 4.32. The first-order valence-corrected chi connectivity index (χ1v) is 14.7. The van der Waals surface area contributed by atoms with E-state index < -0.39 is 5.92 Å². The summed E-state index contributed by atoms with van der Waals surface area (Å²) in [6.45, 7) is 4.64. The number of hydrogen-bond donors (Lipinski definition) is 2. The van der Waals surface area contributed by atoms with Crippen molar-refractivity contribution in [1.29, 1.82) is 5.26 Å². The maximum absolute atomic E-state index is 13.6. The highest BCUT2D eigenvalue weighted by atomic mass is 32.2. The second kappa shape index (κ2) is 11.6. The number of carbonyl (C=O) groups is 2. The molecule has 2 aromatic heterocycles. The summed E-state index contributed by atoms with van der Waals surface area (Å²) >= 11 is 2.57. The Morgan fingerprint density at radius 3 is 2.75 bits per heavy atom. The highest BCUT2D eigenvalue weighted by Crippen LogP contribution is 2.50. The minimum atomic E-state index is -0.588. The van der Waals surface area contributed by atoms with E-state index in [0.717, 1.165) is 23.2 Å². The van der Waals surface area contributed by atoms with E-state index in [1.165, 1.54) is 23.1 Å². The van der Waals surface area contributed by atoms with Gasteiger partial charge in [0.25, 0.3) is 0 Å². The molecule has 1 unspecified atom stereocenters. The number of allylic oxidation sites excluding steroid dienone is 3. The molecule has 0 saturated carbocycles. The normalized spacial score (nSPS) is 18.4. The molecule has 0 saturated heterocycles. The number of rotatable bonds is 8. The lowest BCUT2D eigenvalue weighted by Gasteiger charge is -2.42. The molecule has 40 heavy (non-hydrogen) atoms. The number of nitrogens with zero attached hydrogens (tertiary/aromatic N) is 5. The van der Waals surface area contributed by atoms with E-state index in [9.17, 15) is 14.9 Å². The van der Waals surface area contributed by atoms with Crippen LogP contribution in [-0.2, 0) is 16.0 Å². The first-order chi connectivity index (χ1) is 19.3. The van der Waals surface area contributed by atoms with Gasteiger partial charge in [0.05, 0.1) is 23.3 Å². The Morgan fingerprint density at radius 2 is 2.02 bits per heavy atom. The molecule has 11 heteroatoms. The zero-order valence-corrected chi connectivity index (χ0v) is 23.9. The second-order valence-electron chi connectivity index (χ2n) is 10.5. The number of benzene rings is 1. The van der Waals surface area contributed by atoms with Crippen LogP contribution in [0.15, 0.2) is 81.9 Å². The lowest BCUT2D eigenvalue weighted by atomic mass is 9.69. The van der Waals surface area contributed by atoms with Crippen molar-refractivity contribution < 1.29 is 9.59 Å². The van der Waals surface area contributed by atoms with Gasteiger partial charge in [-0.3, -0.25) is 19.5 Å². The van der Waals surface area contributed by atoms with Gasteiger partial charge in [0.1, 0.15) is 5.82 Å². The lowest BCUT2D eigenvalue weighted by Crippen LogP contribution is -2.42. The van der Waals surface area contributed by atoms with Gasteiger partial charge in [0.15, 0.2) is 10.1 Å². The van der Waals surface area contributed by atoms with Crippen LogP contribution in [0.1, 0.15) is 43.7 Å². The zero-order chi connectivity index (χ0) is 28.3. The number of nitrogens with one attached hydrogen (secondary N) is 1. The summed E-state index contributed by atoms with van der Waals surface area (Å²) in [7, 11) is 0. The number of thioether (sulfide) groups is 1. The van der Waals surface area contributed by atoms with Crippen LogP contribution in [-0.4, -0.2) is 39.2 Å². The molecule has 0 radical (unpaired) electrons. The Labute approximate surface area is 241 Å². The highest BCUT2D eigenvalue weighted by molar-refractivity contribution is 8.01. The molecule has 0 spiro atoms. The molecule has 0 fully saturated rings. The third-order valence-corrected chi connectivity index (χ3v) is 8.93. The van der Waals surface area contributed by atoms with Crippen LogP contribution in [0, 0.1) is 16.7 Å². The number of hydrogen-bond acceptors (Lipinski definition) is 10. The van der Waals surface area contributed by atoms with Crippen molar-refractivity contribution in [2.75, 3.05) is 17.2 Å².